The molecule has 0 aromatic carbocycles. The van der Waals surface area contributed by atoms with Crippen LogP contribution in [0.4, 0.5) is 0 Å². The number of hydrogen-bond acceptors (Lipinski definition) is 4. The number of hydrogen-bond donors (Lipinski definition) is 0. The molecule has 84 valence electrons. The van der Waals surface area contributed by atoms with Crippen LogP contribution < -0.4 is 0 Å². The normalized spacial score (nSPS) is 10.9. The number of rotatable bonds is 2. The third kappa shape index (κ3) is 1.64. The van der Waals surface area contributed by atoms with E-state index in [9.17, 15) is 4.79 Å². The molecule has 0 aliphatic carbocycles. The quantitative estimate of drug-likeness (QED) is 0.650. The first-order chi connectivity index (χ1) is 8.28. The van der Waals surface area contributed by atoms with Crippen LogP contribution in [0.3, 0.4) is 0 Å². The Morgan fingerprint density at radius 3 is 2.94 bits per heavy atom. The largest absolute Gasteiger partial charge is 0.296 e. The summed E-state index contributed by atoms with van der Waals surface area (Å²) in [7, 11) is 0. The first kappa shape index (κ1) is 10.2. The molecule has 0 aliphatic rings. The van der Waals surface area contributed by atoms with Crippen LogP contribution in [0.1, 0.15) is 16.2 Å². The van der Waals surface area contributed by atoms with Crippen LogP contribution in [0.2, 0.25) is 0 Å². The molecule has 0 fully saturated rings. The van der Waals surface area contributed by atoms with E-state index in [1.54, 1.807) is 21.8 Å². The van der Waals surface area contributed by atoms with Crippen LogP contribution in [0.25, 0.3) is 16.3 Å². The van der Waals surface area contributed by atoms with Gasteiger partial charge in [0.1, 0.15) is 16.3 Å². The van der Waals surface area contributed by atoms with Crippen LogP contribution >= 0.6 is 11.3 Å². The predicted molar refractivity (Wildman–Crippen MR) is 66.4 cm³/mol. The van der Waals surface area contributed by atoms with Gasteiger partial charge in [-0.2, -0.15) is 0 Å². The molecule has 4 nitrogen and oxygen atoms in total. The highest BCUT2D eigenvalue weighted by molar-refractivity contribution is 7.13. The van der Waals surface area contributed by atoms with E-state index in [0.29, 0.717) is 5.69 Å². The van der Waals surface area contributed by atoms with Gasteiger partial charge in [0.2, 0.25) is 0 Å². The first-order valence-corrected chi connectivity index (χ1v) is 6.02. The number of fused-ring (bicyclic) bond motifs is 1. The third-order valence-corrected chi connectivity index (χ3v) is 3.47. The molecular formula is C12H9N3OS. The van der Waals surface area contributed by atoms with Gasteiger partial charge in [0, 0.05) is 17.3 Å². The Labute approximate surface area is 102 Å². The molecule has 0 atom stereocenters. The summed E-state index contributed by atoms with van der Waals surface area (Å²) in [6.45, 7) is 1.95. The standard InChI is InChI=1S/C12H9N3OS/c1-8-7-17-12(13-8)10-5-15-9(6-16)3-2-4-11(15)14-10/h2-7H,1H3. The number of aromatic nitrogens is 3. The van der Waals surface area contributed by atoms with Crippen LogP contribution in [0.15, 0.2) is 29.8 Å². The highest BCUT2D eigenvalue weighted by Gasteiger charge is 2.09. The van der Waals surface area contributed by atoms with Crippen molar-refractivity contribution in [2.45, 2.75) is 6.92 Å². The van der Waals surface area contributed by atoms with Gasteiger partial charge in [-0.25, -0.2) is 9.97 Å². The van der Waals surface area contributed by atoms with E-state index < -0.39 is 0 Å². The van der Waals surface area contributed by atoms with Gasteiger partial charge in [-0.3, -0.25) is 9.20 Å². The second kappa shape index (κ2) is 3.78. The molecule has 0 aliphatic heterocycles. The molecule has 0 saturated carbocycles. The molecule has 3 rings (SSSR count). The summed E-state index contributed by atoms with van der Waals surface area (Å²) in [5.41, 5.74) is 3.14. The van der Waals surface area contributed by atoms with Crippen LogP contribution in [-0.4, -0.2) is 20.7 Å². The van der Waals surface area contributed by atoms with Gasteiger partial charge in [-0.15, -0.1) is 11.3 Å². The molecule has 0 unspecified atom stereocenters. The van der Waals surface area contributed by atoms with Gasteiger partial charge in [-0.05, 0) is 19.1 Å². The maximum atomic E-state index is 10.9. The minimum Gasteiger partial charge on any atom is -0.296 e. The molecule has 0 amide bonds. The summed E-state index contributed by atoms with van der Waals surface area (Å²) in [4.78, 5) is 19.8. The average molecular weight is 243 g/mol. The van der Waals surface area contributed by atoms with Crippen molar-refractivity contribution < 1.29 is 4.79 Å². The molecule has 17 heavy (non-hydrogen) atoms. The summed E-state index contributed by atoms with van der Waals surface area (Å²) in [6.07, 6.45) is 2.67. The first-order valence-electron chi connectivity index (χ1n) is 5.14. The Kier molecular flexibility index (Phi) is 2.26. The van der Waals surface area contributed by atoms with Crippen molar-refractivity contribution in [2.75, 3.05) is 0 Å². The van der Waals surface area contributed by atoms with Crippen molar-refractivity contribution in [3.05, 3.63) is 41.2 Å². The minimum atomic E-state index is 0.592. The van der Waals surface area contributed by atoms with E-state index in [1.807, 2.05) is 30.6 Å². The highest BCUT2D eigenvalue weighted by Crippen LogP contribution is 2.23. The van der Waals surface area contributed by atoms with Crippen molar-refractivity contribution in [3.63, 3.8) is 0 Å². The van der Waals surface area contributed by atoms with Crippen LogP contribution in [-0.2, 0) is 0 Å². The lowest BCUT2D eigenvalue weighted by Crippen LogP contribution is -1.91. The Morgan fingerprint density at radius 1 is 1.35 bits per heavy atom. The molecule has 0 bridgehead atoms. The lowest BCUT2D eigenvalue weighted by molar-refractivity contribution is 0.111. The zero-order chi connectivity index (χ0) is 11.8. The van der Waals surface area contributed by atoms with Gasteiger partial charge in [0.05, 0.1) is 5.69 Å². The molecule has 3 heterocycles. The number of aryl methyl sites for hydroxylation is 1. The fourth-order valence-corrected chi connectivity index (χ4v) is 2.45. The summed E-state index contributed by atoms with van der Waals surface area (Å²) < 4.78 is 1.78. The fourth-order valence-electron chi connectivity index (χ4n) is 1.70. The molecule has 0 N–H and O–H groups in total. The summed E-state index contributed by atoms with van der Waals surface area (Å²) in [6, 6.07) is 5.46. The lowest BCUT2D eigenvalue weighted by Gasteiger charge is -1.94. The maximum absolute atomic E-state index is 10.9. The number of carbonyl (C=O) groups excluding carboxylic acids is 1. The second-order valence-electron chi connectivity index (χ2n) is 3.72. The number of thiazole rings is 1. The monoisotopic (exact) mass is 243 g/mol. The minimum absolute atomic E-state index is 0.592. The number of aldehydes is 1. The van der Waals surface area contributed by atoms with Gasteiger partial charge < -0.3 is 0 Å². The van der Waals surface area contributed by atoms with Gasteiger partial charge in [-0.1, -0.05) is 6.07 Å². The Morgan fingerprint density at radius 2 is 2.24 bits per heavy atom. The zero-order valence-corrected chi connectivity index (χ0v) is 9.94. The number of pyridine rings is 1. The SMILES string of the molecule is Cc1csc(-c2cn3c(C=O)cccc3n2)n1. The number of nitrogens with zero attached hydrogens (tertiary/aromatic N) is 3. The molecule has 5 heteroatoms. The molecule has 0 radical (unpaired) electrons. The van der Waals surface area contributed by atoms with Crippen LogP contribution in [0.5, 0.6) is 0 Å². The van der Waals surface area contributed by atoms with Gasteiger partial charge in [0.25, 0.3) is 0 Å². The number of carbonyl (C=O) groups is 1. The number of imidazole rings is 1. The van der Waals surface area contributed by atoms with E-state index in [2.05, 4.69) is 9.97 Å². The van der Waals surface area contributed by atoms with Crippen LogP contribution in [0, 0.1) is 6.92 Å². The zero-order valence-electron chi connectivity index (χ0n) is 9.12. The Bertz CT molecular complexity index is 699. The summed E-state index contributed by atoms with van der Waals surface area (Å²) in [5.74, 6) is 0. The van der Waals surface area contributed by atoms with Crippen molar-refractivity contribution in [1.29, 1.82) is 0 Å². The van der Waals surface area contributed by atoms with Gasteiger partial charge in [0.15, 0.2) is 6.29 Å². The maximum Gasteiger partial charge on any atom is 0.166 e. The smallest absolute Gasteiger partial charge is 0.166 e. The molecular weight excluding hydrogens is 234 g/mol. The molecule has 3 aromatic heterocycles. The highest BCUT2D eigenvalue weighted by atomic mass is 32.1. The van der Waals surface area contributed by atoms with Gasteiger partial charge >= 0.3 is 0 Å². The summed E-state index contributed by atoms with van der Waals surface area (Å²) in [5, 5.41) is 2.86. The van der Waals surface area contributed by atoms with E-state index in [4.69, 9.17) is 0 Å². The molecule has 3 aromatic rings. The topological polar surface area (TPSA) is 47.3 Å². The average Bonchev–Trinajstić information content (AvgIpc) is 2.93. The van der Waals surface area contributed by atoms with Crippen molar-refractivity contribution in [2.24, 2.45) is 0 Å². The molecule has 0 spiro atoms. The Hall–Kier alpha value is -2.01. The van der Waals surface area contributed by atoms with Crippen molar-refractivity contribution >= 4 is 23.3 Å². The van der Waals surface area contributed by atoms with E-state index >= 15 is 0 Å². The second-order valence-corrected chi connectivity index (χ2v) is 4.57. The fraction of sp³-hybridized carbons (Fsp3) is 0.0833. The predicted octanol–water partition coefficient (Wildman–Crippen LogP) is 2.58. The van der Waals surface area contributed by atoms with Crippen molar-refractivity contribution in [3.8, 4) is 10.7 Å². The van der Waals surface area contributed by atoms with E-state index in [1.165, 1.54) is 0 Å². The third-order valence-electron chi connectivity index (χ3n) is 2.48. The lowest BCUT2D eigenvalue weighted by atomic mass is 10.4. The Balaban J connectivity index is 2.23. The van der Waals surface area contributed by atoms with E-state index in [-0.39, 0.29) is 0 Å². The van der Waals surface area contributed by atoms with E-state index in [0.717, 1.165) is 28.3 Å². The molecule has 0 saturated heterocycles. The summed E-state index contributed by atoms with van der Waals surface area (Å²) >= 11 is 1.56. The van der Waals surface area contributed by atoms with Crippen molar-refractivity contribution in [1.82, 2.24) is 14.4 Å².